The highest BCUT2D eigenvalue weighted by atomic mass is 127. The lowest BCUT2D eigenvalue weighted by Crippen LogP contribution is -2.14. The average Bonchev–Trinajstić information content (AvgIpc) is 3.05. The van der Waals surface area contributed by atoms with Crippen LogP contribution in [0.15, 0.2) is 57.6 Å². The molecule has 0 aliphatic carbocycles. The van der Waals surface area contributed by atoms with Gasteiger partial charge in [-0.05, 0) is 71.8 Å². The molecule has 1 heterocycles. The summed E-state index contributed by atoms with van der Waals surface area (Å²) in [5.41, 5.74) is 1.61. The molecule has 0 aromatic heterocycles. The first kappa shape index (κ1) is 23.9. The highest BCUT2D eigenvalue weighted by Gasteiger charge is 2.34. The van der Waals surface area contributed by atoms with Gasteiger partial charge in [0.1, 0.15) is 16.4 Å². The first-order chi connectivity index (χ1) is 15.3. The van der Waals surface area contributed by atoms with Crippen molar-refractivity contribution in [3.63, 3.8) is 0 Å². The van der Waals surface area contributed by atoms with Crippen LogP contribution in [0.1, 0.15) is 28.4 Å². The number of hydrogen-bond donors (Lipinski definition) is 2. The first-order valence-corrected chi connectivity index (χ1v) is 11.4. The van der Waals surface area contributed by atoms with E-state index < -0.39 is 11.9 Å². The fraction of sp³-hybridized carbons (Fsp3) is 0.174. The Bertz CT molecular complexity index is 1190. The van der Waals surface area contributed by atoms with Crippen molar-refractivity contribution in [2.45, 2.75) is 13.8 Å². The molecule has 32 heavy (non-hydrogen) atoms. The number of hydrogen-bond acceptors (Lipinski definition) is 7. The highest BCUT2D eigenvalue weighted by Crippen LogP contribution is 2.41. The number of aliphatic hydroxyl groups is 1. The van der Waals surface area contributed by atoms with Gasteiger partial charge in [-0.2, -0.15) is 0 Å². The van der Waals surface area contributed by atoms with Gasteiger partial charge < -0.3 is 19.7 Å². The molecule has 2 aromatic carbocycles. The number of aryl methyl sites for hydroxylation is 1. The molecule has 0 fully saturated rings. The molecular weight excluding hydrogens is 545 g/mol. The van der Waals surface area contributed by atoms with Crippen LogP contribution in [0.2, 0.25) is 0 Å². The normalized spacial score (nSPS) is 16.0. The van der Waals surface area contributed by atoms with E-state index in [1.54, 1.807) is 50.3 Å². The van der Waals surface area contributed by atoms with Crippen molar-refractivity contribution >= 4 is 57.3 Å². The number of carbonyl (C=O) groups is 2. The van der Waals surface area contributed by atoms with Gasteiger partial charge in [0.15, 0.2) is 11.5 Å². The lowest BCUT2D eigenvalue weighted by Gasteiger charge is -2.07. The number of halogens is 1. The molecule has 1 aliphatic rings. The van der Waals surface area contributed by atoms with Gasteiger partial charge in [0.05, 0.1) is 22.2 Å². The van der Waals surface area contributed by atoms with Crippen molar-refractivity contribution in [2.75, 3.05) is 13.7 Å². The second-order valence-corrected chi connectivity index (χ2v) is 8.84. The summed E-state index contributed by atoms with van der Waals surface area (Å²) in [7, 11) is 1.44. The molecule has 166 valence electrons. The van der Waals surface area contributed by atoms with Gasteiger partial charge in [-0.25, -0.2) is 9.79 Å². The summed E-state index contributed by atoms with van der Waals surface area (Å²) >= 11 is 2.95. The number of benzene rings is 2. The molecule has 0 spiro atoms. The van der Waals surface area contributed by atoms with Crippen molar-refractivity contribution in [1.82, 2.24) is 0 Å². The quantitative estimate of drug-likeness (QED) is 0.388. The molecule has 2 N–H and O–H groups in total. The van der Waals surface area contributed by atoms with Crippen LogP contribution in [-0.4, -0.2) is 40.8 Å². The minimum absolute atomic E-state index is 0.00683. The van der Waals surface area contributed by atoms with E-state index in [1.165, 1.54) is 7.11 Å². The number of aromatic hydroxyl groups is 1. The molecule has 7 nitrogen and oxygen atoms in total. The Morgan fingerprint density at radius 1 is 1.22 bits per heavy atom. The number of methoxy groups -OCH3 is 1. The van der Waals surface area contributed by atoms with Crippen LogP contribution in [-0.2, 0) is 9.53 Å². The maximum Gasteiger partial charge on any atom is 0.344 e. The van der Waals surface area contributed by atoms with Crippen LogP contribution < -0.4 is 4.74 Å². The summed E-state index contributed by atoms with van der Waals surface area (Å²) in [6.45, 7) is 3.54. The fourth-order valence-electron chi connectivity index (χ4n) is 2.94. The molecule has 0 saturated carbocycles. The third-order valence-corrected chi connectivity index (χ3v) is 6.36. The number of thioether (sulfide) groups is 1. The van der Waals surface area contributed by atoms with Gasteiger partial charge in [0, 0.05) is 5.56 Å². The van der Waals surface area contributed by atoms with Crippen LogP contribution in [0.4, 0.5) is 0 Å². The number of carbonyl (C=O) groups excluding carboxylic acids is 2. The molecule has 3 rings (SSSR count). The van der Waals surface area contributed by atoms with E-state index in [0.717, 1.165) is 17.3 Å². The third-order valence-electron chi connectivity index (χ3n) is 4.52. The zero-order chi connectivity index (χ0) is 23.4. The maximum absolute atomic E-state index is 12.8. The molecule has 9 heteroatoms. The van der Waals surface area contributed by atoms with Gasteiger partial charge in [-0.15, -0.1) is 0 Å². The van der Waals surface area contributed by atoms with Gasteiger partial charge in [-0.1, -0.05) is 30.0 Å². The molecule has 2 aromatic rings. The summed E-state index contributed by atoms with van der Waals surface area (Å²) in [5.74, 6) is -1.35. The summed E-state index contributed by atoms with van der Waals surface area (Å²) in [4.78, 5) is 29.7. The standard InChI is InChI=1S/C23H20INO6S/c1-4-31-23(29)18-20(27)17(11-13-9-15(24)19(26)16(10-13)30-3)32-22(18)25-21(28)14-8-6-5-7-12(14)2/h5-11,26-27H,4H2,1-3H3/b17-11-,25-22?. The van der Waals surface area contributed by atoms with E-state index in [0.29, 0.717) is 19.6 Å². The van der Waals surface area contributed by atoms with Crippen LogP contribution in [0, 0.1) is 10.5 Å². The van der Waals surface area contributed by atoms with E-state index in [9.17, 15) is 19.8 Å². The minimum atomic E-state index is -0.768. The van der Waals surface area contributed by atoms with Crippen molar-refractivity contribution in [1.29, 1.82) is 0 Å². The van der Waals surface area contributed by atoms with Gasteiger partial charge in [0.25, 0.3) is 5.91 Å². The maximum atomic E-state index is 12.8. The number of amides is 1. The number of nitrogens with zero attached hydrogens (tertiary/aromatic N) is 1. The van der Waals surface area contributed by atoms with Gasteiger partial charge in [-0.3, -0.25) is 4.79 Å². The number of phenolic OH excluding ortho intramolecular Hbond substituents is 1. The summed E-state index contributed by atoms with van der Waals surface area (Å²) in [6, 6.07) is 10.3. The zero-order valence-corrected chi connectivity index (χ0v) is 20.5. The molecule has 1 amide bonds. The van der Waals surface area contributed by atoms with Gasteiger partial charge in [0.2, 0.25) is 0 Å². The molecule has 0 radical (unpaired) electrons. The van der Waals surface area contributed by atoms with E-state index in [2.05, 4.69) is 4.99 Å². The largest absolute Gasteiger partial charge is 0.506 e. The molecule has 0 bridgehead atoms. The number of rotatable bonds is 5. The summed E-state index contributed by atoms with van der Waals surface area (Å²) < 4.78 is 10.8. The second kappa shape index (κ2) is 10.2. The molecular formula is C23H20INO6S. The Kier molecular flexibility index (Phi) is 7.62. The van der Waals surface area contributed by atoms with Crippen molar-refractivity contribution in [3.05, 3.63) is 72.9 Å². The third kappa shape index (κ3) is 4.99. The number of aliphatic imine (C=N–C) groups is 1. The predicted molar refractivity (Wildman–Crippen MR) is 132 cm³/mol. The van der Waals surface area contributed by atoms with E-state index >= 15 is 0 Å². The zero-order valence-electron chi connectivity index (χ0n) is 17.5. The van der Waals surface area contributed by atoms with Crippen molar-refractivity contribution in [2.24, 2.45) is 4.99 Å². The first-order valence-electron chi connectivity index (χ1n) is 9.52. The van der Waals surface area contributed by atoms with Crippen LogP contribution in [0.3, 0.4) is 0 Å². The Morgan fingerprint density at radius 3 is 2.59 bits per heavy atom. The molecule has 0 saturated heterocycles. The molecule has 0 atom stereocenters. The minimum Gasteiger partial charge on any atom is -0.506 e. The van der Waals surface area contributed by atoms with Crippen LogP contribution in [0.5, 0.6) is 11.5 Å². The van der Waals surface area contributed by atoms with Crippen LogP contribution in [0.25, 0.3) is 6.08 Å². The van der Waals surface area contributed by atoms with Crippen LogP contribution >= 0.6 is 34.4 Å². The van der Waals surface area contributed by atoms with E-state index in [-0.39, 0.29) is 34.5 Å². The number of ether oxygens (including phenoxy) is 2. The Morgan fingerprint density at radius 2 is 1.94 bits per heavy atom. The number of esters is 1. The molecule has 1 aliphatic heterocycles. The second-order valence-electron chi connectivity index (χ2n) is 6.65. The fourth-order valence-corrected chi connectivity index (χ4v) is 4.58. The Hall–Kier alpha value is -2.79. The smallest absolute Gasteiger partial charge is 0.344 e. The average molecular weight is 565 g/mol. The number of phenols is 1. The Balaban J connectivity index is 2.07. The lowest BCUT2D eigenvalue weighted by molar-refractivity contribution is -0.138. The SMILES string of the molecule is CCOC(=O)C1=C(O)/C(=C/c2cc(I)c(O)c(OC)c2)SC1=NC(=O)c1ccccc1C. The topological polar surface area (TPSA) is 105 Å². The number of aliphatic hydroxyl groups excluding tert-OH is 1. The molecule has 0 unspecified atom stereocenters. The lowest BCUT2D eigenvalue weighted by atomic mass is 10.1. The predicted octanol–water partition coefficient (Wildman–Crippen LogP) is 5.02. The van der Waals surface area contributed by atoms with E-state index in [4.69, 9.17) is 9.47 Å². The Labute approximate surface area is 203 Å². The summed E-state index contributed by atoms with van der Waals surface area (Å²) in [5, 5.41) is 20.9. The highest BCUT2D eigenvalue weighted by molar-refractivity contribution is 14.1. The van der Waals surface area contributed by atoms with Crippen molar-refractivity contribution < 1.29 is 29.3 Å². The monoisotopic (exact) mass is 565 g/mol. The van der Waals surface area contributed by atoms with Crippen molar-refractivity contribution in [3.8, 4) is 11.5 Å². The van der Waals surface area contributed by atoms with Gasteiger partial charge >= 0.3 is 5.97 Å². The summed E-state index contributed by atoms with van der Waals surface area (Å²) in [6.07, 6.45) is 1.62. The van der Waals surface area contributed by atoms with E-state index in [1.807, 2.05) is 28.7 Å².